The van der Waals surface area contributed by atoms with E-state index in [9.17, 15) is 13.9 Å². The Morgan fingerprint density at radius 3 is 2.35 bits per heavy atom. The molecule has 0 spiro atoms. The molecule has 0 unspecified atom stereocenters. The van der Waals surface area contributed by atoms with Crippen molar-refractivity contribution in [1.29, 1.82) is 0 Å². The predicted octanol–water partition coefficient (Wildman–Crippen LogP) is 3.98. The summed E-state index contributed by atoms with van der Waals surface area (Å²) in [6.07, 6.45) is 3.53. The number of benzene rings is 2. The van der Waals surface area contributed by atoms with Crippen molar-refractivity contribution < 1.29 is 18.6 Å². The molecule has 3 heterocycles. The fourth-order valence-corrected chi connectivity index (χ4v) is 3.60. The van der Waals surface area contributed by atoms with Crippen LogP contribution in [0.5, 0.6) is 5.75 Å². The van der Waals surface area contributed by atoms with E-state index in [1.807, 2.05) is 29.0 Å². The minimum atomic E-state index is -1.06. The van der Waals surface area contributed by atoms with Crippen molar-refractivity contribution >= 4 is 28.4 Å². The van der Waals surface area contributed by atoms with Crippen molar-refractivity contribution in [3.05, 3.63) is 66.5 Å². The third kappa shape index (κ3) is 3.75. The fraction of sp³-hybridized carbons (Fsp3) is 0.182. The molecule has 1 aliphatic rings. The second kappa shape index (κ2) is 7.84. The Hall–Kier alpha value is -3.72. The molecule has 9 heteroatoms. The third-order valence-electron chi connectivity index (χ3n) is 5.20. The number of phenols is 1. The van der Waals surface area contributed by atoms with Gasteiger partial charge in [-0.2, -0.15) is 4.98 Å². The van der Waals surface area contributed by atoms with E-state index >= 15 is 0 Å². The fourth-order valence-electron chi connectivity index (χ4n) is 3.60. The van der Waals surface area contributed by atoms with Crippen molar-refractivity contribution in [2.75, 3.05) is 36.5 Å². The molecule has 2 N–H and O–H groups in total. The molecule has 0 saturated carbocycles. The van der Waals surface area contributed by atoms with Gasteiger partial charge in [-0.3, -0.25) is 0 Å². The van der Waals surface area contributed by atoms with Crippen LogP contribution in [0.15, 0.2) is 54.9 Å². The van der Waals surface area contributed by atoms with Crippen molar-refractivity contribution in [1.82, 2.24) is 14.5 Å². The molecule has 1 fully saturated rings. The average Bonchev–Trinajstić information content (AvgIpc) is 3.21. The van der Waals surface area contributed by atoms with E-state index in [4.69, 9.17) is 4.74 Å². The van der Waals surface area contributed by atoms with Crippen LogP contribution in [0, 0.1) is 11.6 Å². The lowest BCUT2D eigenvalue weighted by Gasteiger charge is -2.28. The molecule has 0 amide bonds. The maximum atomic E-state index is 13.6. The lowest BCUT2D eigenvalue weighted by Crippen LogP contribution is -2.36. The van der Waals surface area contributed by atoms with Gasteiger partial charge in [0.1, 0.15) is 5.65 Å². The van der Waals surface area contributed by atoms with Gasteiger partial charge in [-0.15, -0.1) is 0 Å². The number of aromatic hydroxyl groups is 1. The summed E-state index contributed by atoms with van der Waals surface area (Å²) in [5.41, 5.74) is 2.81. The number of halogens is 2. The smallest absolute Gasteiger partial charge is 0.229 e. The van der Waals surface area contributed by atoms with Gasteiger partial charge in [-0.25, -0.2) is 13.8 Å². The molecule has 158 valence electrons. The molecule has 2 aromatic carbocycles. The highest BCUT2D eigenvalue weighted by molar-refractivity contribution is 5.79. The van der Waals surface area contributed by atoms with Gasteiger partial charge in [0.25, 0.3) is 0 Å². The average molecular weight is 423 g/mol. The zero-order chi connectivity index (χ0) is 21.4. The molecule has 5 rings (SSSR count). The number of nitrogens with one attached hydrogen (secondary N) is 1. The van der Waals surface area contributed by atoms with Crippen LogP contribution in [-0.4, -0.2) is 45.9 Å². The van der Waals surface area contributed by atoms with E-state index in [2.05, 4.69) is 32.3 Å². The Labute approximate surface area is 176 Å². The minimum absolute atomic E-state index is 0.0973. The molecule has 0 atom stereocenters. The number of ether oxygens (including phenoxy) is 1. The second-order valence-corrected chi connectivity index (χ2v) is 7.19. The standard InChI is InChI=1S/C22H19F2N5O2/c23-18-11-15(12-19(24)20(18)30)26-22-25-13-14-5-6-29(21(14)27-22)17-3-1-16(2-4-17)28-7-9-31-10-8-28/h1-6,11-13,30H,7-10H2,(H,25,26,27). The molecule has 0 radical (unpaired) electrons. The Morgan fingerprint density at radius 2 is 1.65 bits per heavy atom. The van der Waals surface area contributed by atoms with Crippen molar-refractivity contribution in [2.24, 2.45) is 0 Å². The summed E-state index contributed by atoms with van der Waals surface area (Å²) in [4.78, 5) is 11.0. The minimum Gasteiger partial charge on any atom is -0.503 e. The normalized spacial score (nSPS) is 14.2. The number of hydrogen-bond acceptors (Lipinski definition) is 6. The maximum absolute atomic E-state index is 13.6. The number of fused-ring (bicyclic) bond motifs is 1. The molecule has 7 nitrogen and oxygen atoms in total. The zero-order valence-corrected chi connectivity index (χ0v) is 16.4. The summed E-state index contributed by atoms with van der Waals surface area (Å²) in [5.74, 6) is -2.96. The number of anilines is 3. The highest BCUT2D eigenvalue weighted by atomic mass is 19.1. The first-order chi connectivity index (χ1) is 15.1. The summed E-state index contributed by atoms with van der Waals surface area (Å²) < 4.78 is 34.6. The van der Waals surface area contributed by atoms with Gasteiger partial charge in [0.05, 0.1) is 13.2 Å². The van der Waals surface area contributed by atoms with Crippen molar-refractivity contribution in [2.45, 2.75) is 0 Å². The van der Waals surface area contributed by atoms with Gasteiger partial charge >= 0.3 is 0 Å². The number of morpholine rings is 1. The molecular formula is C22H19F2N5O2. The Bertz CT molecular complexity index is 1210. The topological polar surface area (TPSA) is 75.4 Å². The third-order valence-corrected chi connectivity index (χ3v) is 5.20. The Morgan fingerprint density at radius 1 is 0.968 bits per heavy atom. The molecule has 1 saturated heterocycles. The van der Waals surface area contributed by atoms with Crippen LogP contribution in [0.2, 0.25) is 0 Å². The van der Waals surface area contributed by atoms with Crippen LogP contribution in [-0.2, 0) is 4.74 Å². The number of rotatable bonds is 4. The highest BCUT2D eigenvalue weighted by Gasteiger charge is 2.13. The second-order valence-electron chi connectivity index (χ2n) is 7.19. The quantitative estimate of drug-likeness (QED) is 0.484. The van der Waals surface area contributed by atoms with E-state index in [1.54, 1.807) is 6.20 Å². The summed E-state index contributed by atoms with van der Waals surface area (Å²) in [6.45, 7) is 3.19. The van der Waals surface area contributed by atoms with E-state index in [-0.39, 0.29) is 11.6 Å². The van der Waals surface area contributed by atoms with Gasteiger partial charge in [-0.05, 0) is 30.3 Å². The van der Waals surface area contributed by atoms with Gasteiger partial charge < -0.3 is 24.6 Å². The van der Waals surface area contributed by atoms with Crippen LogP contribution in [0.4, 0.5) is 26.1 Å². The van der Waals surface area contributed by atoms with Crippen LogP contribution in [0.3, 0.4) is 0 Å². The summed E-state index contributed by atoms with van der Waals surface area (Å²) >= 11 is 0. The van der Waals surface area contributed by atoms with E-state index in [0.717, 1.165) is 55.2 Å². The number of aromatic nitrogens is 3. The first-order valence-electron chi connectivity index (χ1n) is 9.81. The van der Waals surface area contributed by atoms with Crippen LogP contribution in [0.25, 0.3) is 16.7 Å². The predicted molar refractivity (Wildman–Crippen MR) is 113 cm³/mol. The molecule has 31 heavy (non-hydrogen) atoms. The van der Waals surface area contributed by atoms with Gasteiger partial charge in [0.2, 0.25) is 5.95 Å². The molecular weight excluding hydrogens is 404 g/mol. The van der Waals surface area contributed by atoms with E-state index in [1.165, 1.54) is 0 Å². The lowest BCUT2D eigenvalue weighted by atomic mass is 10.2. The summed E-state index contributed by atoms with van der Waals surface area (Å²) in [5, 5.41) is 12.9. The molecule has 0 aliphatic carbocycles. The molecule has 4 aromatic rings. The Kier molecular flexibility index (Phi) is 4.87. The highest BCUT2D eigenvalue weighted by Crippen LogP contribution is 2.27. The summed E-state index contributed by atoms with van der Waals surface area (Å²) in [7, 11) is 0. The van der Waals surface area contributed by atoms with E-state index < -0.39 is 17.4 Å². The molecule has 1 aliphatic heterocycles. The number of nitrogens with zero attached hydrogens (tertiary/aromatic N) is 4. The first-order valence-corrected chi connectivity index (χ1v) is 9.81. The maximum Gasteiger partial charge on any atom is 0.229 e. The summed E-state index contributed by atoms with van der Waals surface area (Å²) in [6, 6.07) is 12.0. The van der Waals surface area contributed by atoms with Gasteiger partial charge in [0.15, 0.2) is 17.4 Å². The molecule has 0 bridgehead atoms. The van der Waals surface area contributed by atoms with Crippen LogP contribution in [0.1, 0.15) is 0 Å². The number of hydrogen-bond donors (Lipinski definition) is 2. The van der Waals surface area contributed by atoms with Gasteiger partial charge in [-0.1, -0.05) is 0 Å². The first kappa shape index (κ1) is 19.3. The van der Waals surface area contributed by atoms with Crippen LogP contribution < -0.4 is 10.2 Å². The van der Waals surface area contributed by atoms with Crippen LogP contribution >= 0.6 is 0 Å². The number of phenolic OH excluding ortho intramolecular Hbond substituents is 1. The Balaban J connectivity index is 1.44. The monoisotopic (exact) mass is 423 g/mol. The zero-order valence-electron chi connectivity index (χ0n) is 16.4. The largest absolute Gasteiger partial charge is 0.503 e. The SMILES string of the molecule is Oc1c(F)cc(Nc2ncc3ccn(-c4ccc(N5CCOCC5)cc4)c3n2)cc1F. The molecule has 2 aromatic heterocycles. The van der Waals surface area contributed by atoms with Crippen molar-refractivity contribution in [3.8, 4) is 11.4 Å². The lowest BCUT2D eigenvalue weighted by molar-refractivity contribution is 0.122. The van der Waals surface area contributed by atoms with E-state index in [0.29, 0.717) is 5.65 Å². The van der Waals surface area contributed by atoms with Gasteiger partial charge in [0, 0.05) is 60.1 Å². The van der Waals surface area contributed by atoms with Crippen molar-refractivity contribution in [3.63, 3.8) is 0 Å².